The van der Waals surface area contributed by atoms with Crippen LogP contribution in [0.2, 0.25) is 0 Å². The van der Waals surface area contributed by atoms with Gasteiger partial charge < -0.3 is 30.4 Å². The Morgan fingerprint density at radius 3 is 1.62 bits per heavy atom. The number of sulfonamides is 2. The number of hydrogen-bond acceptors (Lipinski definition) is 20. The second-order valence-electron chi connectivity index (χ2n) is 20.6. The molecule has 2 saturated heterocycles. The highest BCUT2D eigenvalue weighted by Gasteiger charge is 2.38. The van der Waals surface area contributed by atoms with Gasteiger partial charge in [0.15, 0.2) is 10.1 Å². The Hall–Kier alpha value is -8.38. The fraction of sp³-hybridized carbons (Fsp3) is 0.396. The number of aryl methyl sites for hydroxylation is 4. The molecule has 4 N–H and O–H groups in total. The van der Waals surface area contributed by atoms with Crippen molar-refractivity contribution >= 4 is 31.9 Å². The minimum absolute atomic E-state index is 0.0143. The number of pyridine rings is 2. The molecule has 0 aromatic carbocycles. The average molecular weight is 1140 g/mol. The van der Waals surface area contributed by atoms with Crippen LogP contribution in [0.25, 0.3) is 33.9 Å². The maximum atomic E-state index is 14.0. The van der Waals surface area contributed by atoms with Gasteiger partial charge in [0.25, 0.3) is 20.0 Å². The van der Waals surface area contributed by atoms with Gasteiger partial charge in [0, 0.05) is 107 Å². The zero-order valence-electron chi connectivity index (χ0n) is 45.8. The lowest BCUT2D eigenvalue weighted by Gasteiger charge is -2.39. The van der Waals surface area contributed by atoms with E-state index in [2.05, 4.69) is 70.5 Å². The number of aromatic nitrogens is 14. The van der Waals surface area contributed by atoms with Crippen LogP contribution in [0.3, 0.4) is 0 Å². The average Bonchev–Trinajstić information content (AvgIpc) is 4.52. The molecule has 0 aliphatic carbocycles. The minimum atomic E-state index is -3.90. The Balaban J connectivity index is 0.808. The van der Waals surface area contributed by atoms with Crippen molar-refractivity contribution < 1.29 is 16.8 Å². The van der Waals surface area contributed by atoms with Crippen LogP contribution in [0.4, 0.5) is 11.9 Å². The molecule has 0 bridgehead atoms. The number of nitriles is 2. The van der Waals surface area contributed by atoms with Crippen LogP contribution >= 0.6 is 0 Å². The third kappa shape index (κ3) is 12.1. The van der Waals surface area contributed by atoms with Gasteiger partial charge in [-0.3, -0.25) is 9.97 Å². The summed E-state index contributed by atoms with van der Waals surface area (Å²) in [5, 5.41) is 43.1. The van der Waals surface area contributed by atoms with E-state index in [0.29, 0.717) is 79.0 Å². The monoisotopic (exact) mass is 1130 g/mol. The van der Waals surface area contributed by atoms with Crippen molar-refractivity contribution in [1.82, 2.24) is 87.8 Å². The molecule has 26 nitrogen and oxygen atoms in total. The van der Waals surface area contributed by atoms with Crippen molar-refractivity contribution in [3.05, 3.63) is 120 Å². The van der Waals surface area contributed by atoms with Crippen molar-refractivity contribution in [2.75, 3.05) is 43.9 Å². The summed E-state index contributed by atoms with van der Waals surface area (Å²) in [5.74, 6) is 0.311. The zero-order valence-corrected chi connectivity index (χ0v) is 47.5. The zero-order chi connectivity index (χ0) is 57.2. The molecule has 2 aliphatic heterocycles. The van der Waals surface area contributed by atoms with Crippen molar-refractivity contribution in [3.8, 4) is 46.0 Å². The molecule has 420 valence electrons. The normalized spacial score (nSPS) is 18.5. The highest BCUT2D eigenvalue weighted by Crippen LogP contribution is 2.32. The van der Waals surface area contributed by atoms with Crippen molar-refractivity contribution in [3.63, 3.8) is 0 Å². The predicted octanol–water partition coefficient (Wildman–Crippen LogP) is 3.88. The molecule has 0 radical (unpaired) electrons. The summed E-state index contributed by atoms with van der Waals surface area (Å²) in [6, 6.07) is 11.7. The first-order chi connectivity index (χ1) is 38.9. The number of nitrogens with zero attached hydrogens (tertiary/aromatic N) is 18. The van der Waals surface area contributed by atoms with Gasteiger partial charge in [-0.25, -0.2) is 56.1 Å². The molecule has 0 amide bonds. The van der Waals surface area contributed by atoms with Crippen molar-refractivity contribution in [2.24, 2.45) is 25.9 Å². The first-order valence-electron chi connectivity index (χ1n) is 26.4. The van der Waals surface area contributed by atoms with Crippen LogP contribution in [0.5, 0.6) is 0 Å². The standard InChI is InChI=1S/C53H62N22O4S2/c1-33-25-72(80(76,77)48-29-70(6)31-60-48)14-12-44(33)66-52-58-19-38(17-54)50(68-52)40-21-63-75(27-40)47-11-9-43(65-36(47)4)24-57-34(2)16-37-26-73(81(78,79)49-30-71(7)32-61-49)15-13-45(37)67-53-59-20-39(18-55)51(69-53)41-22-62-74(28-41)46-10-8-42(23-56-5)64-35(46)3/h8-11,19-22,27-34,37,44-45,56-57H,12-16,23-26H2,1-7H3,(H,58,66,68)(H,59,67,69)/t33-,34?,37-,44+,45+/m1/s1. The molecule has 10 heterocycles. The molecular formula is C53H62N22O4S2. The van der Waals surface area contributed by atoms with Crippen LogP contribution in [-0.4, -0.2) is 145 Å². The quantitative estimate of drug-likeness (QED) is 0.0892. The van der Waals surface area contributed by atoms with Crippen LogP contribution in [0, 0.1) is 48.3 Å². The van der Waals surface area contributed by atoms with Gasteiger partial charge in [0.05, 0.1) is 94.1 Å². The molecule has 2 aliphatic rings. The fourth-order valence-electron chi connectivity index (χ4n) is 10.4. The topological polar surface area (TPSA) is 319 Å². The van der Waals surface area contributed by atoms with Crippen molar-refractivity contribution in [1.29, 1.82) is 10.5 Å². The van der Waals surface area contributed by atoms with Gasteiger partial charge in [-0.15, -0.1) is 0 Å². The Morgan fingerprint density at radius 2 is 1.15 bits per heavy atom. The smallest absolute Gasteiger partial charge is 0.262 e. The lowest BCUT2D eigenvalue weighted by atomic mass is 9.88. The molecule has 0 saturated carbocycles. The van der Waals surface area contributed by atoms with E-state index in [0.717, 1.165) is 28.5 Å². The second kappa shape index (κ2) is 23.4. The second-order valence-corrected chi connectivity index (χ2v) is 24.4. The lowest BCUT2D eigenvalue weighted by Crippen LogP contribution is -2.50. The van der Waals surface area contributed by atoms with Crippen LogP contribution in [-0.2, 0) is 47.2 Å². The molecule has 8 aromatic rings. The summed E-state index contributed by atoms with van der Waals surface area (Å²) in [7, 11) is -2.32. The van der Waals surface area contributed by atoms with Gasteiger partial charge >= 0.3 is 0 Å². The fourth-order valence-corrected chi connectivity index (χ4v) is 13.4. The Kier molecular flexibility index (Phi) is 16.1. The SMILES string of the molecule is CNCc1ccc(-n2cc(-c3nc(N[C@H]4CCN(S(=O)(=O)c5cn(C)cn5)C[C@H]4CC(C)NCc4ccc(-n5cc(-c6nc(N[C@H]7CCN(S(=O)(=O)c8cn(C)cn8)C[C@H]7C)ncc6C#N)cn5)c(C)n4)ncc3C#N)cn2)c(C)n1. The van der Waals surface area contributed by atoms with E-state index in [1.165, 1.54) is 46.1 Å². The summed E-state index contributed by atoms with van der Waals surface area (Å²) in [4.78, 5) is 36.4. The third-order valence-electron chi connectivity index (χ3n) is 14.7. The molecule has 81 heavy (non-hydrogen) atoms. The molecule has 0 spiro atoms. The summed E-state index contributed by atoms with van der Waals surface area (Å²) < 4.78 is 64.0. The minimum Gasteiger partial charge on any atom is -0.351 e. The number of rotatable bonds is 19. The Morgan fingerprint density at radius 1 is 0.654 bits per heavy atom. The molecule has 10 rings (SSSR count). The van der Waals surface area contributed by atoms with E-state index in [1.807, 2.05) is 58.3 Å². The summed E-state index contributed by atoms with van der Waals surface area (Å²) in [6.07, 6.45) is 17.3. The first-order valence-corrected chi connectivity index (χ1v) is 29.2. The number of anilines is 2. The van der Waals surface area contributed by atoms with Crippen LogP contribution in [0.1, 0.15) is 67.0 Å². The van der Waals surface area contributed by atoms with E-state index in [1.54, 1.807) is 51.2 Å². The maximum absolute atomic E-state index is 14.0. The summed E-state index contributed by atoms with van der Waals surface area (Å²) >= 11 is 0. The highest BCUT2D eigenvalue weighted by molar-refractivity contribution is 7.89. The van der Waals surface area contributed by atoms with Gasteiger partial charge in [0.1, 0.15) is 12.1 Å². The largest absolute Gasteiger partial charge is 0.351 e. The maximum Gasteiger partial charge on any atom is 0.262 e. The lowest BCUT2D eigenvalue weighted by molar-refractivity contribution is 0.220. The molecule has 1 unspecified atom stereocenters. The van der Waals surface area contributed by atoms with Gasteiger partial charge in [-0.1, -0.05) is 6.92 Å². The first kappa shape index (κ1) is 55.9. The van der Waals surface area contributed by atoms with E-state index in [-0.39, 0.29) is 70.8 Å². The number of imidazole rings is 2. The molecule has 2 fully saturated rings. The molecular weight excluding hydrogens is 1070 g/mol. The van der Waals surface area contributed by atoms with E-state index >= 15 is 0 Å². The molecule has 8 aromatic heterocycles. The van der Waals surface area contributed by atoms with Gasteiger partial charge in [0.2, 0.25) is 11.9 Å². The molecule has 5 atom stereocenters. The van der Waals surface area contributed by atoms with E-state index < -0.39 is 20.0 Å². The Labute approximate surface area is 469 Å². The van der Waals surface area contributed by atoms with Crippen molar-refractivity contribution in [2.45, 2.75) is 88.2 Å². The third-order valence-corrected chi connectivity index (χ3v) is 18.2. The number of piperidine rings is 2. The van der Waals surface area contributed by atoms with E-state index in [9.17, 15) is 27.4 Å². The molecule has 28 heteroatoms. The van der Waals surface area contributed by atoms with E-state index in [4.69, 9.17) is 19.9 Å². The Bertz CT molecular complexity index is 3910. The number of hydrogen-bond donors (Lipinski definition) is 4. The van der Waals surface area contributed by atoms with Gasteiger partial charge in [-0.05, 0) is 83.2 Å². The van der Waals surface area contributed by atoms with Gasteiger partial charge in [-0.2, -0.15) is 29.3 Å². The highest BCUT2D eigenvalue weighted by atomic mass is 32.2. The number of nitrogens with one attached hydrogen (secondary N) is 4. The summed E-state index contributed by atoms with van der Waals surface area (Å²) in [6.45, 7) is 9.91. The van der Waals surface area contributed by atoms with Crippen LogP contribution < -0.4 is 21.3 Å². The predicted molar refractivity (Wildman–Crippen MR) is 298 cm³/mol. The summed E-state index contributed by atoms with van der Waals surface area (Å²) in [5.41, 5.74) is 7.24. The van der Waals surface area contributed by atoms with Crippen LogP contribution in [0.15, 0.2) is 96.5 Å².